The first-order valence-electron chi connectivity index (χ1n) is 3.84. The van der Waals surface area contributed by atoms with Crippen LogP contribution in [0.2, 0.25) is 0 Å². The molecule has 0 saturated carbocycles. The highest BCUT2D eigenvalue weighted by molar-refractivity contribution is 5.89. The molecular formula is C8H10N2O. The van der Waals surface area contributed by atoms with Crippen molar-refractivity contribution in [3.63, 3.8) is 0 Å². The van der Waals surface area contributed by atoms with Crippen LogP contribution < -0.4 is 5.32 Å². The lowest BCUT2D eigenvalue weighted by Crippen LogP contribution is -2.47. The minimum atomic E-state index is 0.0428. The molecule has 2 aliphatic rings. The molecule has 0 radical (unpaired) electrons. The number of piperidine rings is 1. The van der Waals surface area contributed by atoms with Crippen molar-refractivity contribution in [2.75, 3.05) is 6.54 Å². The standard InChI is InChI=1S/C8H10N2O/c11-8-2-4-10-7-5-9-3-1-6(7)8/h1,3,5-7,10H,2,4H2. The third kappa shape index (κ3) is 1.12. The van der Waals surface area contributed by atoms with Gasteiger partial charge in [-0.2, -0.15) is 0 Å². The number of nitrogens with zero attached hydrogens (tertiary/aromatic N) is 1. The van der Waals surface area contributed by atoms with Gasteiger partial charge in [-0.25, -0.2) is 0 Å². The number of nitrogens with one attached hydrogen (secondary N) is 1. The van der Waals surface area contributed by atoms with Gasteiger partial charge in [0.2, 0.25) is 0 Å². The number of fused-ring (bicyclic) bond motifs is 1. The van der Waals surface area contributed by atoms with E-state index >= 15 is 0 Å². The monoisotopic (exact) mass is 150 g/mol. The van der Waals surface area contributed by atoms with Gasteiger partial charge in [-0.15, -0.1) is 0 Å². The molecule has 0 spiro atoms. The molecule has 2 heterocycles. The van der Waals surface area contributed by atoms with Gasteiger partial charge >= 0.3 is 0 Å². The van der Waals surface area contributed by atoms with Crippen LogP contribution in [0.15, 0.2) is 17.3 Å². The Bertz CT molecular complexity index is 232. The van der Waals surface area contributed by atoms with Gasteiger partial charge in [0, 0.05) is 25.4 Å². The Labute approximate surface area is 65.2 Å². The summed E-state index contributed by atoms with van der Waals surface area (Å²) in [6.07, 6.45) is 6.03. The number of carbonyl (C=O) groups excluding carboxylic acids is 1. The zero-order valence-electron chi connectivity index (χ0n) is 6.16. The summed E-state index contributed by atoms with van der Waals surface area (Å²) in [6.45, 7) is 0.792. The molecule has 0 aliphatic carbocycles. The molecule has 2 atom stereocenters. The molecule has 2 rings (SSSR count). The SMILES string of the molecule is O=C1CCNC2C=NC=CC12. The quantitative estimate of drug-likeness (QED) is 0.533. The van der Waals surface area contributed by atoms with Gasteiger partial charge in [0.1, 0.15) is 5.78 Å². The zero-order valence-corrected chi connectivity index (χ0v) is 6.16. The van der Waals surface area contributed by atoms with Crippen molar-refractivity contribution in [1.29, 1.82) is 0 Å². The van der Waals surface area contributed by atoms with Gasteiger partial charge in [-0.1, -0.05) is 6.08 Å². The topological polar surface area (TPSA) is 41.5 Å². The molecule has 1 N–H and O–H groups in total. The molecular weight excluding hydrogens is 140 g/mol. The molecule has 2 unspecified atom stereocenters. The van der Waals surface area contributed by atoms with Crippen LogP contribution in [0.25, 0.3) is 0 Å². The van der Waals surface area contributed by atoms with E-state index in [2.05, 4.69) is 10.3 Å². The Kier molecular flexibility index (Phi) is 1.58. The van der Waals surface area contributed by atoms with Gasteiger partial charge in [-0.05, 0) is 0 Å². The van der Waals surface area contributed by atoms with Crippen LogP contribution in [0.5, 0.6) is 0 Å². The average Bonchev–Trinajstić information content (AvgIpc) is 2.06. The molecule has 1 saturated heterocycles. The van der Waals surface area contributed by atoms with Crippen molar-refractivity contribution >= 4 is 12.0 Å². The highest BCUT2D eigenvalue weighted by Crippen LogP contribution is 2.15. The number of rotatable bonds is 0. The summed E-state index contributed by atoms with van der Waals surface area (Å²) < 4.78 is 0. The lowest BCUT2D eigenvalue weighted by molar-refractivity contribution is -0.122. The van der Waals surface area contributed by atoms with Gasteiger partial charge in [0.05, 0.1) is 12.0 Å². The van der Waals surface area contributed by atoms with Crippen LogP contribution in [0, 0.1) is 5.92 Å². The highest BCUT2D eigenvalue weighted by atomic mass is 16.1. The smallest absolute Gasteiger partial charge is 0.143 e. The predicted molar refractivity (Wildman–Crippen MR) is 42.5 cm³/mol. The van der Waals surface area contributed by atoms with E-state index in [1.165, 1.54) is 0 Å². The molecule has 2 aliphatic heterocycles. The molecule has 0 bridgehead atoms. The highest BCUT2D eigenvalue weighted by Gasteiger charge is 2.29. The summed E-state index contributed by atoms with van der Waals surface area (Å²) in [5, 5.41) is 3.23. The first kappa shape index (κ1) is 6.73. The molecule has 0 aromatic carbocycles. The summed E-state index contributed by atoms with van der Waals surface area (Å²) in [5.74, 6) is 0.373. The second kappa shape index (κ2) is 2.58. The first-order chi connectivity index (χ1) is 5.38. The minimum absolute atomic E-state index is 0.0428. The van der Waals surface area contributed by atoms with E-state index in [4.69, 9.17) is 0 Å². The van der Waals surface area contributed by atoms with Gasteiger partial charge in [0.25, 0.3) is 0 Å². The molecule has 3 nitrogen and oxygen atoms in total. The summed E-state index contributed by atoms with van der Waals surface area (Å²) in [5.41, 5.74) is 0. The number of aliphatic imine (C=N–C) groups is 1. The number of hydrogen-bond donors (Lipinski definition) is 1. The predicted octanol–water partition coefficient (Wildman–Crippen LogP) is 0.132. The average molecular weight is 150 g/mol. The molecule has 0 amide bonds. The number of carbonyl (C=O) groups is 1. The van der Waals surface area contributed by atoms with E-state index < -0.39 is 0 Å². The minimum Gasteiger partial charge on any atom is -0.308 e. The van der Waals surface area contributed by atoms with Crippen LogP contribution in [-0.4, -0.2) is 24.6 Å². The Morgan fingerprint density at radius 2 is 2.55 bits per heavy atom. The summed E-state index contributed by atoms with van der Waals surface area (Å²) >= 11 is 0. The van der Waals surface area contributed by atoms with Gasteiger partial charge < -0.3 is 5.32 Å². The maximum absolute atomic E-state index is 11.3. The van der Waals surface area contributed by atoms with E-state index in [0.29, 0.717) is 12.2 Å². The molecule has 1 fully saturated rings. The van der Waals surface area contributed by atoms with Crippen LogP contribution in [-0.2, 0) is 4.79 Å². The van der Waals surface area contributed by atoms with Gasteiger partial charge in [-0.3, -0.25) is 9.79 Å². The lowest BCUT2D eigenvalue weighted by Gasteiger charge is -2.27. The number of hydrogen-bond acceptors (Lipinski definition) is 3. The van der Waals surface area contributed by atoms with E-state index in [-0.39, 0.29) is 12.0 Å². The van der Waals surface area contributed by atoms with Gasteiger partial charge in [0.15, 0.2) is 0 Å². The maximum Gasteiger partial charge on any atom is 0.143 e. The Morgan fingerprint density at radius 3 is 3.36 bits per heavy atom. The van der Waals surface area contributed by atoms with E-state index in [0.717, 1.165) is 6.54 Å². The van der Waals surface area contributed by atoms with Crippen LogP contribution in [0.4, 0.5) is 0 Å². The molecule has 3 heteroatoms. The Hall–Kier alpha value is -0.960. The fourth-order valence-electron chi connectivity index (χ4n) is 1.51. The second-order valence-corrected chi connectivity index (χ2v) is 2.86. The molecule has 58 valence electrons. The Morgan fingerprint density at radius 1 is 1.64 bits per heavy atom. The van der Waals surface area contributed by atoms with Crippen LogP contribution in [0.3, 0.4) is 0 Å². The van der Waals surface area contributed by atoms with Crippen molar-refractivity contribution in [3.05, 3.63) is 12.3 Å². The van der Waals surface area contributed by atoms with E-state index in [1.54, 1.807) is 6.20 Å². The van der Waals surface area contributed by atoms with Crippen molar-refractivity contribution in [1.82, 2.24) is 5.32 Å². The van der Waals surface area contributed by atoms with Crippen molar-refractivity contribution in [2.24, 2.45) is 10.9 Å². The third-order valence-corrected chi connectivity index (χ3v) is 2.14. The van der Waals surface area contributed by atoms with Crippen LogP contribution in [0.1, 0.15) is 6.42 Å². The number of ketones is 1. The molecule has 11 heavy (non-hydrogen) atoms. The maximum atomic E-state index is 11.3. The normalized spacial score (nSPS) is 35.5. The Balaban J connectivity index is 2.20. The second-order valence-electron chi connectivity index (χ2n) is 2.86. The van der Waals surface area contributed by atoms with Crippen molar-refractivity contribution in [2.45, 2.75) is 12.5 Å². The van der Waals surface area contributed by atoms with Crippen molar-refractivity contribution in [3.8, 4) is 0 Å². The largest absolute Gasteiger partial charge is 0.308 e. The summed E-state index contributed by atoms with van der Waals surface area (Å²) in [6, 6.07) is 0.154. The first-order valence-corrected chi connectivity index (χ1v) is 3.84. The third-order valence-electron chi connectivity index (χ3n) is 2.14. The van der Waals surface area contributed by atoms with E-state index in [9.17, 15) is 4.79 Å². The van der Waals surface area contributed by atoms with Crippen LogP contribution >= 0.6 is 0 Å². The fourth-order valence-corrected chi connectivity index (χ4v) is 1.51. The number of Topliss-reactive ketones (excluding diaryl/α,β-unsaturated/α-hetero) is 1. The molecule has 0 aromatic rings. The van der Waals surface area contributed by atoms with E-state index in [1.807, 2.05) is 12.3 Å². The lowest BCUT2D eigenvalue weighted by atomic mass is 9.89. The summed E-state index contributed by atoms with van der Waals surface area (Å²) in [7, 11) is 0. The fraction of sp³-hybridized carbons (Fsp3) is 0.500. The summed E-state index contributed by atoms with van der Waals surface area (Å²) in [4.78, 5) is 15.3. The zero-order chi connectivity index (χ0) is 7.68. The van der Waals surface area contributed by atoms with Crippen molar-refractivity contribution < 1.29 is 4.79 Å². The molecule has 0 aromatic heterocycles.